The number of hydrogen-bond donors (Lipinski definition) is 1. The van der Waals surface area contributed by atoms with Gasteiger partial charge in [-0.05, 0) is 100 Å². The summed E-state index contributed by atoms with van der Waals surface area (Å²) in [7, 11) is 0. The number of hydrogen-bond acceptors (Lipinski definition) is 4. The standard InChI is InChI=1S/C14H13NO.C11H14O2.C11H14.C8H7N/c1-11-7-5-6-10-13(11)14(16)15-12-8-3-2-4-9-12;1-3-8-13-11(12)10-7-5-4-6-9(10)2;1-9(2)8-11-6-4-10(3)5-7-11;1-7-4-2-3-5-8(7)6-9/h2-10H,1H3,(H,15,16);4-7H,3,8H2,1-2H3;4-7H,1,8H2,2-3H3;2-5H,1H3. The molecule has 0 spiro atoms. The summed E-state index contributed by atoms with van der Waals surface area (Å²) >= 11 is 0. The van der Waals surface area contributed by atoms with Crippen LogP contribution in [0.2, 0.25) is 0 Å². The Bertz CT molecular complexity index is 1800. The summed E-state index contributed by atoms with van der Waals surface area (Å²) < 4.78 is 5.02. The van der Waals surface area contributed by atoms with Crippen LogP contribution in [0.4, 0.5) is 5.69 Å². The molecule has 0 bridgehead atoms. The average molecular weight is 653 g/mol. The molecule has 0 aromatic heterocycles. The van der Waals surface area contributed by atoms with E-state index in [4.69, 9.17) is 10.00 Å². The van der Waals surface area contributed by atoms with Crippen molar-refractivity contribution >= 4 is 17.6 Å². The van der Waals surface area contributed by atoms with Gasteiger partial charge in [-0.1, -0.05) is 122 Å². The predicted molar refractivity (Wildman–Crippen MR) is 203 cm³/mol. The van der Waals surface area contributed by atoms with Gasteiger partial charge >= 0.3 is 5.97 Å². The van der Waals surface area contributed by atoms with Crippen molar-refractivity contribution in [3.05, 3.63) is 184 Å². The van der Waals surface area contributed by atoms with Gasteiger partial charge in [0.15, 0.2) is 0 Å². The molecule has 0 aliphatic carbocycles. The zero-order chi connectivity index (χ0) is 36.0. The first-order valence-corrected chi connectivity index (χ1v) is 16.4. The molecule has 0 fully saturated rings. The van der Waals surface area contributed by atoms with Crippen molar-refractivity contribution in [3.8, 4) is 6.07 Å². The van der Waals surface area contributed by atoms with E-state index in [1.54, 1.807) is 6.07 Å². The number of benzene rings is 5. The van der Waals surface area contributed by atoms with E-state index in [-0.39, 0.29) is 11.9 Å². The van der Waals surface area contributed by atoms with Gasteiger partial charge < -0.3 is 10.1 Å². The zero-order valence-corrected chi connectivity index (χ0v) is 29.6. The number of esters is 1. The lowest BCUT2D eigenvalue weighted by molar-refractivity contribution is 0.0504. The molecule has 0 aliphatic rings. The van der Waals surface area contributed by atoms with Crippen LogP contribution in [-0.2, 0) is 11.2 Å². The number of aryl methyl sites for hydroxylation is 4. The molecular formula is C44H48N2O3. The predicted octanol–water partition coefficient (Wildman–Crippen LogP) is 10.8. The lowest BCUT2D eigenvalue weighted by atomic mass is 10.1. The van der Waals surface area contributed by atoms with Gasteiger partial charge in [0.05, 0.1) is 23.8 Å². The number of amides is 1. The number of anilines is 1. The van der Waals surface area contributed by atoms with Gasteiger partial charge in [-0.15, -0.1) is 0 Å². The van der Waals surface area contributed by atoms with Crippen molar-refractivity contribution in [3.63, 3.8) is 0 Å². The topological polar surface area (TPSA) is 79.2 Å². The smallest absolute Gasteiger partial charge is 0.338 e. The van der Waals surface area contributed by atoms with E-state index in [1.807, 2.05) is 125 Å². The third-order valence-corrected chi connectivity index (χ3v) is 7.12. The van der Waals surface area contributed by atoms with Crippen molar-refractivity contribution in [2.24, 2.45) is 0 Å². The molecule has 0 atom stereocenters. The highest BCUT2D eigenvalue weighted by atomic mass is 16.5. The summed E-state index contributed by atoms with van der Waals surface area (Å²) in [6.45, 7) is 16.3. The van der Waals surface area contributed by atoms with E-state index in [9.17, 15) is 9.59 Å². The monoisotopic (exact) mass is 652 g/mol. The molecule has 5 aromatic rings. The molecule has 0 aliphatic heterocycles. The Morgan fingerprint density at radius 1 is 0.694 bits per heavy atom. The van der Waals surface area contributed by atoms with E-state index >= 15 is 0 Å². The minimum absolute atomic E-state index is 0.0655. The largest absolute Gasteiger partial charge is 0.462 e. The van der Waals surface area contributed by atoms with E-state index in [1.165, 1.54) is 16.7 Å². The Morgan fingerprint density at radius 3 is 1.69 bits per heavy atom. The van der Waals surface area contributed by atoms with Gasteiger partial charge in [0, 0.05) is 11.3 Å². The van der Waals surface area contributed by atoms with Crippen molar-refractivity contribution in [1.29, 1.82) is 5.26 Å². The Morgan fingerprint density at radius 2 is 1.20 bits per heavy atom. The SMILES string of the molecule is C=C(C)Cc1ccc(C)cc1.CCCOC(=O)c1ccccc1C.Cc1ccccc1C#N.Cc1ccccc1C(=O)Nc1ccccc1. The van der Waals surface area contributed by atoms with Gasteiger partial charge in [-0.3, -0.25) is 4.79 Å². The molecule has 5 heteroatoms. The van der Waals surface area contributed by atoms with Crippen LogP contribution in [0, 0.1) is 39.0 Å². The molecular weight excluding hydrogens is 604 g/mol. The number of para-hydroxylation sites is 1. The third-order valence-electron chi connectivity index (χ3n) is 7.12. The van der Waals surface area contributed by atoms with Gasteiger partial charge in [0.2, 0.25) is 0 Å². The van der Waals surface area contributed by atoms with E-state index < -0.39 is 0 Å². The molecule has 5 rings (SSSR count). The summed E-state index contributed by atoms with van der Waals surface area (Å²) in [5, 5.41) is 11.3. The highest BCUT2D eigenvalue weighted by Gasteiger charge is 2.08. The van der Waals surface area contributed by atoms with Crippen molar-refractivity contribution in [2.45, 2.75) is 54.4 Å². The molecule has 1 amide bonds. The lowest BCUT2D eigenvalue weighted by Crippen LogP contribution is -2.12. The maximum atomic E-state index is 11.9. The van der Waals surface area contributed by atoms with Crippen molar-refractivity contribution in [1.82, 2.24) is 0 Å². The second kappa shape index (κ2) is 22.0. The number of carbonyl (C=O) groups excluding carboxylic acids is 2. The molecule has 0 saturated heterocycles. The number of rotatable bonds is 7. The molecule has 49 heavy (non-hydrogen) atoms. The Hall–Kier alpha value is -5.73. The number of nitrogens with one attached hydrogen (secondary N) is 1. The van der Waals surface area contributed by atoms with Crippen LogP contribution in [0.3, 0.4) is 0 Å². The highest BCUT2D eigenvalue weighted by molar-refractivity contribution is 6.05. The fraction of sp³-hybridized carbons (Fsp3) is 0.205. The van der Waals surface area contributed by atoms with Gasteiger partial charge in [-0.2, -0.15) is 5.26 Å². The van der Waals surface area contributed by atoms with Crippen LogP contribution in [-0.4, -0.2) is 18.5 Å². The van der Waals surface area contributed by atoms with Gasteiger partial charge in [-0.25, -0.2) is 4.79 Å². The summed E-state index contributed by atoms with van der Waals surface area (Å²) in [5.41, 5.74) is 9.82. The van der Waals surface area contributed by atoms with E-state index in [2.05, 4.69) is 56.1 Å². The van der Waals surface area contributed by atoms with Crippen molar-refractivity contribution in [2.75, 3.05) is 11.9 Å². The van der Waals surface area contributed by atoms with Gasteiger partial charge in [0.25, 0.3) is 5.91 Å². The minimum Gasteiger partial charge on any atom is -0.462 e. The lowest BCUT2D eigenvalue weighted by Gasteiger charge is -2.06. The first-order valence-electron chi connectivity index (χ1n) is 16.4. The van der Waals surface area contributed by atoms with Gasteiger partial charge in [0.1, 0.15) is 0 Å². The average Bonchev–Trinajstić information content (AvgIpc) is 3.10. The molecule has 5 aromatic carbocycles. The maximum absolute atomic E-state index is 11.9. The Balaban J connectivity index is 0.000000232. The quantitative estimate of drug-likeness (QED) is 0.140. The molecule has 0 unspecified atom stereocenters. The van der Waals surface area contributed by atoms with E-state index in [0.29, 0.717) is 17.7 Å². The number of ether oxygens (including phenoxy) is 1. The minimum atomic E-state index is -0.222. The van der Waals surface area contributed by atoms with Crippen LogP contribution in [0.1, 0.15) is 74.4 Å². The fourth-order valence-corrected chi connectivity index (χ4v) is 4.37. The van der Waals surface area contributed by atoms with Crippen LogP contribution >= 0.6 is 0 Å². The number of nitriles is 1. The van der Waals surface area contributed by atoms with Crippen LogP contribution in [0.5, 0.6) is 0 Å². The van der Waals surface area contributed by atoms with Crippen LogP contribution in [0.25, 0.3) is 0 Å². The highest BCUT2D eigenvalue weighted by Crippen LogP contribution is 2.12. The van der Waals surface area contributed by atoms with Crippen LogP contribution < -0.4 is 5.32 Å². The summed E-state index contributed by atoms with van der Waals surface area (Å²) in [4.78, 5) is 23.3. The second-order valence-corrected chi connectivity index (χ2v) is 11.6. The number of allylic oxidation sites excluding steroid dienone is 1. The molecule has 1 N–H and O–H groups in total. The molecule has 5 nitrogen and oxygen atoms in total. The first kappa shape index (κ1) is 39.4. The normalized spacial score (nSPS) is 9.49. The summed E-state index contributed by atoms with van der Waals surface area (Å²) in [6.07, 6.45) is 1.86. The Labute approximate surface area is 292 Å². The summed E-state index contributed by atoms with van der Waals surface area (Å²) in [6, 6.07) is 42.7. The second-order valence-electron chi connectivity index (χ2n) is 11.6. The fourth-order valence-electron chi connectivity index (χ4n) is 4.37. The molecule has 0 saturated carbocycles. The third kappa shape index (κ3) is 15.1. The molecule has 252 valence electrons. The summed E-state index contributed by atoms with van der Waals surface area (Å²) in [5.74, 6) is -0.288. The first-order chi connectivity index (χ1) is 23.5. The van der Waals surface area contributed by atoms with Crippen LogP contribution in [0.15, 0.2) is 140 Å². The van der Waals surface area contributed by atoms with Crippen molar-refractivity contribution < 1.29 is 14.3 Å². The maximum Gasteiger partial charge on any atom is 0.338 e. The number of carbonyl (C=O) groups is 2. The van der Waals surface area contributed by atoms with E-state index in [0.717, 1.165) is 40.8 Å². The molecule has 0 radical (unpaired) electrons. The molecule has 0 heterocycles. The zero-order valence-electron chi connectivity index (χ0n) is 29.6. The number of nitrogens with zero attached hydrogens (tertiary/aromatic N) is 1. The Kier molecular flexibility index (Phi) is 17.7.